The number of allylic oxidation sites excluding steroid dienone is 1. The predicted octanol–water partition coefficient (Wildman–Crippen LogP) is 3.75. The second-order valence-electron chi connectivity index (χ2n) is 7.10. The van der Waals surface area contributed by atoms with Crippen molar-refractivity contribution >= 4 is 22.9 Å². The van der Waals surface area contributed by atoms with Crippen LogP contribution in [0.3, 0.4) is 0 Å². The van der Waals surface area contributed by atoms with Gasteiger partial charge in [0, 0.05) is 22.6 Å². The quantitative estimate of drug-likeness (QED) is 0.340. The maximum absolute atomic E-state index is 12.9. The van der Waals surface area contributed by atoms with E-state index in [1.807, 2.05) is 13.8 Å². The zero-order valence-corrected chi connectivity index (χ0v) is 18.3. The van der Waals surface area contributed by atoms with Crippen LogP contribution in [0.1, 0.15) is 32.9 Å². The largest absolute Gasteiger partial charge is 0.805 e. The number of fused-ring (bicyclic) bond motifs is 1. The number of aryl methyl sites for hydroxylation is 2. The monoisotopic (exact) mass is 424 g/mol. The normalized spacial score (nSPS) is 11.2. The minimum Gasteiger partial charge on any atom is -0.805 e. The molecule has 31 heavy (non-hydrogen) atoms. The summed E-state index contributed by atoms with van der Waals surface area (Å²) in [4.78, 5) is 25.7. The molecule has 8 nitrogen and oxygen atoms in total. The first-order valence-electron chi connectivity index (χ1n) is 9.52. The van der Waals surface area contributed by atoms with Crippen LogP contribution in [0.2, 0.25) is 0 Å². The van der Waals surface area contributed by atoms with Gasteiger partial charge in [0.1, 0.15) is 5.52 Å². The molecule has 1 aromatic heterocycles. The van der Waals surface area contributed by atoms with Gasteiger partial charge in [-0.2, -0.15) is 0 Å². The third-order valence-electron chi connectivity index (χ3n) is 5.26. The molecule has 0 spiro atoms. The number of ketones is 1. The summed E-state index contributed by atoms with van der Waals surface area (Å²) in [6.45, 7) is 5.29. The van der Waals surface area contributed by atoms with Crippen molar-refractivity contribution in [2.24, 2.45) is 0 Å². The Labute approximate surface area is 179 Å². The number of aromatic nitrogens is 2. The smallest absolute Gasteiger partial charge is 0.287 e. The van der Waals surface area contributed by atoms with E-state index in [2.05, 4.69) is 0 Å². The fourth-order valence-electron chi connectivity index (χ4n) is 3.33. The third-order valence-corrected chi connectivity index (χ3v) is 5.26. The molecule has 3 rings (SSSR count). The van der Waals surface area contributed by atoms with Gasteiger partial charge in [0.2, 0.25) is 5.75 Å². The Kier molecular flexibility index (Phi) is 6.01. The number of ether oxygens (including phenoxy) is 3. The summed E-state index contributed by atoms with van der Waals surface area (Å²) >= 11 is 0. The van der Waals surface area contributed by atoms with E-state index in [-0.39, 0.29) is 28.0 Å². The summed E-state index contributed by atoms with van der Waals surface area (Å²) < 4.78 is 17.2. The van der Waals surface area contributed by atoms with Gasteiger partial charge < -0.3 is 24.1 Å². The van der Waals surface area contributed by atoms with E-state index in [1.54, 1.807) is 19.1 Å². The fourth-order valence-corrected chi connectivity index (χ4v) is 3.33. The van der Waals surface area contributed by atoms with Crippen LogP contribution in [0, 0.1) is 30.9 Å². The zero-order valence-electron chi connectivity index (χ0n) is 18.3. The molecule has 3 aromatic rings. The van der Waals surface area contributed by atoms with Crippen molar-refractivity contribution in [3.8, 4) is 17.2 Å². The second-order valence-corrected chi connectivity index (χ2v) is 7.10. The van der Waals surface area contributed by atoms with Crippen molar-refractivity contribution in [1.29, 1.82) is 0 Å². The van der Waals surface area contributed by atoms with Crippen LogP contribution in [0.15, 0.2) is 30.3 Å². The summed E-state index contributed by atoms with van der Waals surface area (Å²) in [5.41, 5.74) is 2.89. The van der Waals surface area contributed by atoms with Gasteiger partial charge in [-0.3, -0.25) is 4.79 Å². The molecule has 0 radical (unpaired) electrons. The van der Waals surface area contributed by atoms with Gasteiger partial charge in [-0.15, -0.1) is 0 Å². The van der Waals surface area contributed by atoms with E-state index >= 15 is 0 Å². The Morgan fingerprint density at radius 1 is 0.968 bits per heavy atom. The van der Waals surface area contributed by atoms with Gasteiger partial charge in [0.25, 0.3) is 11.2 Å². The van der Waals surface area contributed by atoms with E-state index in [0.717, 1.165) is 11.1 Å². The van der Waals surface area contributed by atoms with Crippen molar-refractivity contribution in [2.75, 3.05) is 21.3 Å². The Morgan fingerprint density at radius 3 is 2.10 bits per heavy atom. The van der Waals surface area contributed by atoms with Crippen molar-refractivity contribution in [3.05, 3.63) is 68.5 Å². The molecular formula is C23H24N2O6. The summed E-state index contributed by atoms with van der Waals surface area (Å²) in [5, 5.41) is 12.7. The Morgan fingerprint density at radius 2 is 1.55 bits per heavy atom. The highest BCUT2D eigenvalue weighted by Gasteiger charge is 2.20. The van der Waals surface area contributed by atoms with Crippen LogP contribution < -0.4 is 18.6 Å². The lowest BCUT2D eigenvalue weighted by Crippen LogP contribution is -2.25. The second kappa shape index (κ2) is 8.51. The predicted molar refractivity (Wildman–Crippen MR) is 118 cm³/mol. The molecule has 0 fully saturated rings. The lowest BCUT2D eigenvalue weighted by atomic mass is 10.1. The Hall–Kier alpha value is -3.81. The molecule has 0 saturated carbocycles. The standard InChI is InChI=1S/C23H24N2O6/c1-13-9-18-19(10-14(13)2)25(28)17(15(3)24(18)27)7-8-20(26)16-11-21(29-4)23(31-6)22(12-16)30-5/h7-12H,1-6H3/b8-7+. The van der Waals surface area contributed by atoms with Crippen LogP contribution in [0.25, 0.3) is 17.1 Å². The molecule has 0 aliphatic carbocycles. The highest BCUT2D eigenvalue weighted by Crippen LogP contribution is 2.38. The van der Waals surface area contributed by atoms with E-state index in [4.69, 9.17) is 14.2 Å². The lowest BCUT2D eigenvalue weighted by Gasteiger charge is -2.16. The minimum absolute atomic E-state index is 0.0894. The van der Waals surface area contributed by atoms with Crippen molar-refractivity contribution < 1.29 is 23.4 Å². The molecule has 0 atom stereocenters. The van der Waals surface area contributed by atoms with E-state index in [9.17, 15) is 14.9 Å². The summed E-state index contributed by atoms with van der Waals surface area (Å²) in [6.07, 6.45) is 2.58. The third kappa shape index (κ3) is 3.84. The van der Waals surface area contributed by atoms with Gasteiger partial charge in [-0.25, -0.2) is 0 Å². The van der Waals surface area contributed by atoms with Crippen molar-refractivity contribution in [1.82, 2.24) is 4.73 Å². The summed E-state index contributed by atoms with van der Waals surface area (Å²) in [5.74, 6) is 0.646. The molecule has 0 amide bonds. The lowest BCUT2D eigenvalue weighted by molar-refractivity contribution is -0.467. The first kappa shape index (κ1) is 21.9. The first-order chi connectivity index (χ1) is 14.7. The molecule has 0 aliphatic heterocycles. The number of methoxy groups -OCH3 is 3. The van der Waals surface area contributed by atoms with Gasteiger partial charge >= 0.3 is 0 Å². The number of rotatable bonds is 6. The molecule has 0 saturated heterocycles. The number of hydrogen-bond donors (Lipinski definition) is 0. The van der Waals surface area contributed by atoms with E-state index < -0.39 is 5.78 Å². The topological polar surface area (TPSA) is 95.7 Å². The first-order valence-corrected chi connectivity index (χ1v) is 9.52. The Bertz CT molecular complexity index is 1250. The molecule has 0 aliphatic rings. The molecule has 162 valence electrons. The number of carbonyl (C=O) groups is 1. The van der Waals surface area contributed by atoms with Crippen LogP contribution >= 0.6 is 0 Å². The summed E-state index contributed by atoms with van der Waals surface area (Å²) in [6, 6.07) is 6.40. The molecule has 2 aromatic carbocycles. The Balaban J connectivity index is 2.09. The molecule has 8 heteroatoms. The van der Waals surface area contributed by atoms with Gasteiger partial charge in [0.15, 0.2) is 17.3 Å². The minimum atomic E-state index is -0.392. The zero-order chi connectivity index (χ0) is 22.9. The highest BCUT2D eigenvalue weighted by atomic mass is 16.5. The van der Waals surface area contributed by atoms with E-state index in [0.29, 0.717) is 26.4 Å². The van der Waals surface area contributed by atoms with E-state index in [1.165, 1.54) is 45.6 Å². The molecule has 1 heterocycles. The molecular weight excluding hydrogens is 400 g/mol. The number of hydrogen-bond acceptors (Lipinski definition) is 6. The highest BCUT2D eigenvalue weighted by molar-refractivity contribution is 6.07. The van der Waals surface area contributed by atoms with Crippen LogP contribution in [-0.4, -0.2) is 31.8 Å². The average Bonchev–Trinajstić information content (AvgIpc) is 2.77. The molecule has 0 unspecified atom stereocenters. The number of nitrogens with zero attached hydrogens (tertiary/aromatic N) is 2. The van der Waals surface area contributed by atoms with Crippen LogP contribution in [-0.2, 0) is 0 Å². The maximum atomic E-state index is 12.9. The van der Waals surface area contributed by atoms with Gasteiger partial charge in [-0.05, 0) is 56.2 Å². The summed E-state index contributed by atoms with van der Waals surface area (Å²) in [7, 11) is 4.38. The number of carbonyl (C=O) groups excluding carboxylic acids is 1. The van der Waals surface area contributed by atoms with Crippen molar-refractivity contribution in [2.45, 2.75) is 20.8 Å². The maximum Gasteiger partial charge on any atom is 0.287 e. The molecule has 0 bridgehead atoms. The number of benzene rings is 2. The van der Waals surface area contributed by atoms with Gasteiger partial charge in [-0.1, -0.05) is 0 Å². The SMILES string of the molecule is COc1cc(C(=O)/C=C/c2c(C)n([O-])c3cc(C)c(C)cc3[n+]2=O)cc(OC)c1OC. The molecule has 0 N–H and O–H groups in total. The van der Waals surface area contributed by atoms with Crippen LogP contribution in [0.5, 0.6) is 17.2 Å². The van der Waals surface area contributed by atoms with Crippen molar-refractivity contribution in [3.63, 3.8) is 0 Å². The average molecular weight is 424 g/mol. The fraction of sp³-hybridized carbons (Fsp3) is 0.261. The van der Waals surface area contributed by atoms with Crippen LogP contribution in [0.4, 0.5) is 0 Å². The van der Waals surface area contributed by atoms with Gasteiger partial charge in [0.05, 0.1) is 31.5 Å².